The molecule has 0 saturated heterocycles. The summed E-state index contributed by atoms with van der Waals surface area (Å²) in [5.74, 6) is -0.679. The van der Waals surface area contributed by atoms with Crippen LogP contribution in [0.5, 0.6) is 0 Å². The summed E-state index contributed by atoms with van der Waals surface area (Å²) in [4.78, 5) is 11.8. The zero-order valence-electron chi connectivity index (χ0n) is 10.3. The first-order valence-corrected chi connectivity index (χ1v) is 7.04. The third kappa shape index (κ3) is 3.98. The Bertz CT molecular complexity index is 453. The highest BCUT2D eigenvalue weighted by molar-refractivity contribution is 6.35. The lowest BCUT2D eigenvalue weighted by atomic mass is 9.96. The lowest BCUT2D eigenvalue weighted by Crippen LogP contribution is -2.39. The van der Waals surface area contributed by atoms with Crippen molar-refractivity contribution in [3.05, 3.63) is 28.0 Å². The number of benzene rings is 1. The van der Waals surface area contributed by atoms with Crippen LogP contribution in [0.1, 0.15) is 32.1 Å². The van der Waals surface area contributed by atoms with Gasteiger partial charge in [-0.2, -0.15) is 0 Å². The molecule has 3 nitrogen and oxygen atoms in total. The summed E-state index contributed by atoms with van der Waals surface area (Å²) in [6.07, 6.45) is 5.50. The Morgan fingerprint density at radius 3 is 2.32 bits per heavy atom. The summed E-state index contributed by atoms with van der Waals surface area (Å²) < 4.78 is 13.2. The minimum Gasteiger partial charge on any atom is -0.335 e. The number of hydrogen-bond acceptors (Lipinski definition) is 1. The van der Waals surface area contributed by atoms with E-state index in [1.807, 2.05) is 0 Å². The van der Waals surface area contributed by atoms with Crippen LogP contribution >= 0.6 is 23.2 Å². The van der Waals surface area contributed by atoms with Crippen LogP contribution in [0.15, 0.2) is 12.1 Å². The Labute approximate surface area is 121 Å². The van der Waals surface area contributed by atoms with Crippen LogP contribution in [0.3, 0.4) is 0 Å². The number of carbonyl (C=O) groups is 1. The molecule has 1 aromatic rings. The average Bonchev–Trinajstić information content (AvgIpc) is 2.37. The van der Waals surface area contributed by atoms with Gasteiger partial charge < -0.3 is 10.6 Å². The standard InChI is InChI=1S/C13H15Cl2FN2O/c14-10-6-9(7-11(15)12(10)16)18-13(19)17-8-4-2-1-3-5-8/h6-8H,1-5H2,(H2,17,18,19). The van der Waals surface area contributed by atoms with Gasteiger partial charge in [-0.3, -0.25) is 0 Å². The fourth-order valence-electron chi connectivity index (χ4n) is 2.23. The monoisotopic (exact) mass is 304 g/mol. The maximum Gasteiger partial charge on any atom is 0.319 e. The maximum atomic E-state index is 13.2. The minimum absolute atomic E-state index is 0.111. The molecule has 19 heavy (non-hydrogen) atoms. The minimum atomic E-state index is -0.679. The molecule has 0 spiro atoms. The Hall–Kier alpha value is -1.00. The molecule has 0 atom stereocenters. The number of urea groups is 1. The lowest BCUT2D eigenvalue weighted by molar-refractivity contribution is 0.244. The summed E-state index contributed by atoms with van der Waals surface area (Å²) in [6.45, 7) is 0. The summed E-state index contributed by atoms with van der Waals surface area (Å²) in [5.41, 5.74) is 0.379. The molecular formula is C13H15Cl2FN2O. The second-order valence-electron chi connectivity index (χ2n) is 4.69. The van der Waals surface area contributed by atoms with Crippen molar-refractivity contribution >= 4 is 34.9 Å². The first-order chi connectivity index (χ1) is 9.06. The largest absolute Gasteiger partial charge is 0.335 e. The molecule has 6 heteroatoms. The van der Waals surface area contributed by atoms with Crippen LogP contribution in [0.25, 0.3) is 0 Å². The van der Waals surface area contributed by atoms with Crippen LogP contribution in [-0.4, -0.2) is 12.1 Å². The highest BCUT2D eigenvalue weighted by Crippen LogP contribution is 2.27. The number of anilines is 1. The van der Waals surface area contributed by atoms with Gasteiger partial charge in [0.05, 0.1) is 10.0 Å². The summed E-state index contributed by atoms with van der Waals surface area (Å²) in [5, 5.41) is 5.28. The van der Waals surface area contributed by atoms with Gasteiger partial charge in [-0.15, -0.1) is 0 Å². The van der Waals surface area contributed by atoms with E-state index in [0.717, 1.165) is 25.7 Å². The molecule has 1 saturated carbocycles. The molecule has 0 radical (unpaired) electrons. The van der Waals surface area contributed by atoms with Gasteiger partial charge in [0.15, 0.2) is 5.82 Å². The second kappa shape index (κ2) is 6.44. The van der Waals surface area contributed by atoms with E-state index >= 15 is 0 Å². The summed E-state index contributed by atoms with van der Waals surface area (Å²) >= 11 is 11.3. The molecule has 1 fully saturated rings. The Morgan fingerprint density at radius 2 is 1.74 bits per heavy atom. The van der Waals surface area contributed by atoms with E-state index in [2.05, 4.69) is 10.6 Å². The zero-order valence-corrected chi connectivity index (χ0v) is 11.8. The molecule has 0 aromatic heterocycles. The Balaban J connectivity index is 1.94. The van der Waals surface area contributed by atoms with Crippen LogP contribution in [-0.2, 0) is 0 Å². The van der Waals surface area contributed by atoms with Crippen molar-refractivity contribution in [2.75, 3.05) is 5.32 Å². The molecule has 104 valence electrons. The predicted molar refractivity (Wildman–Crippen MR) is 75.4 cm³/mol. The normalized spacial score (nSPS) is 16.2. The third-order valence-electron chi connectivity index (χ3n) is 3.18. The highest BCUT2D eigenvalue weighted by atomic mass is 35.5. The number of hydrogen-bond donors (Lipinski definition) is 2. The fourth-order valence-corrected chi connectivity index (χ4v) is 2.71. The van der Waals surface area contributed by atoms with E-state index in [1.165, 1.54) is 18.6 Å². The number of carbonyl (C=O) groups excluding carboxylic acids is 1. The maximum absolute atomic E-state index is 13.2. The molecule has 0 heterocycles. The van der Waals surface area contributed by atoms with Gasteiger partial charge in [0, 0.05) is 11.7 Å². The first kappa shape index (κ1) is 14.4. The number of nitrogens with one attached hydrogen (secondary N) is 2. The van der Waals surface area contributed by atoms with Crippen LogP contribution in [0.2, 0.25) is 10.0 Å². The second-order valence-corrected chi connectivity index (χ2v) is 5.50. The Morgan fingerprint density at radius 1 is 1.16 bits per heavy atom. The van der Waals surface area contributed by atoms with E-state index in [-0.39, 0.29) is 22.1 Å². The first-order valence-electron chi connectivity index (χ1n) is 6.28. The van der Waals surface area contributed by atoms with Gasteiger partial charge in [-0.1, -0.05) is 42.5 Å². The number of halogens is 3. The van der Waals surface area contributed by atoms with Crippen molar-refractivity contribution in [2.45, 2.75) is 38.1 Å². The molecule has 2 rings (SSSR count). The van der Waals surface area contributed by atoms with Crippen LogP contribution in [0.4, 0.5) is 14.9 Å². The quantitative estimate of drug-likeness (QED) is 0.771. The van der Waals surface area contributed by atoms with Gasteiger partial charge in [0.25, 0.3) is 0 Å². The predicted octanol–water partition coefficient (Wildman–Crippen LogP) is 4.59. The van der Waals surface area contributed by atoms with Crippen LogP contribution in [0, 0.1) is 5.82 Å². The average molecular weight is 305 g/mol. The molecule has 0 unspecified atom stereocenters. The highest BCUT2D eigenvalue weighted by Gasteiger charge is 2.16. The lowest BCUT2D eigenvalue weighted by Gasteiger charge is -2.22. The topological polar surface area (TPSA) is 41.1 Å². The van der Waals surface area contributed by atoms with E-state index < -0.39 is 5.82 Å². The van der Waals surface area contributed by atoms with Crippen molar-refractivity contribution in [3.63, 3.8) is 0 Å². The number of amides is 2. The van der Waals surface area contributed by atoms with Gasteiger partial charge in [0.1, 0.15) is 0 Å². The third-order valence-corrected chi connectivity index (χ3v) is 3.73. The Kier molecular flexibility index (Phi) is 4.88. The number of rotatable bonds is 2. The molecule has 2 amide bonds. The van der Waals surface area contributed by atoms with Gasteiger partial charge in [-0.05, 0) is 25.0 Å². The molecule has 1 aliphatic carbocycles. The fraction of sp³-hybridized carbons (Fsp3) is 0.462. The van der Waals surface area contributed by atoms with Crippen molar-refractivity contribution in [2.24, 2.45) is 0 Å². The molecule has 0 aliphatic heterocycles. The van der Waals surface area contributed by atoms with Crippen molar-refractivity contribution in [3.8, 4) is 0 Å². The summed E-state index contributed by atoms with van der Waals surface area (Å²) in [6, 6.07) is 2.57. The zero-order chi connectivity index (χ0) is 13.8. The van der Waals surface area contributed by atoms with E-state index in [1.54, 1.807) is 0 Å². The molecular weight excluding hydrogens is 290 g/mol. The SMILES string of the molecule is O=C(Nc1cc(Cl)c(F)c(Cl)c1)NC1CCCCC1. The van der Waals surface area contributed by atoms with E-state index in [9.17, 15) is 9.18 Å². The van der Waals surface area contributed by atoms with Crippen LogP contribution < -0.4 is 10.6 Å². The van der Waals surface area contributed by atoms with Gasteiger partial charge in [-0.25, -0.2) is 9.18 Å². The van der Waals surface area contributed by atoms with Crippen molar-refractivity contribution in [1.29, 1.82) is 0 Å². The molecule has 0 bridgehead atoms. The van der Waals surface area contributed by atoms with E-state index in [4.69, 9.17) is 23.2 Å². The van der Waals surface area contributed by atoms with Gasteiger partial charge >= 0.3 is 6.03 Å². The smallest absolute Gasteiger partial charge is 0.319 e. The van der Waals surface area contributed by atoms with E-state index in [0.29, 0.717) is 5.69 Å². The molecule has 2 N–H and O–H groups in total. The molecule has 1 aliphatic rings. The van der Waals surface area contributed by atoms with Gasteiger partial charge in [0.2, 0.25) is 0 Å². The van der Waals surface area contributed by atoms with Crippen molar-refractivity contribution in [1.82, 2.24) is 5.32 Å². The molecule has 1 aromatic carbocycles. The summed E-state index contributed by atoms with van der Waals surface area (Å²) in [7, 11) is 0. The van der Waals surface area contributed by atoms with Crippen molar-refractivity contribution < 1.29 is 9.18 Å².